The SMILES string of the molecule is CCN(Cc1ccc2c(c1)OCO2)C(=O)c1cccc(C#N)c1. The Kier molecular flexibility index (Phi) is 4.15. The van der Waals surface area contributed by atoms with Crippen LogP contribution in [0.25, 0.3) is 0 Å². The van der Waals surface area contributed by atoms with Crippen molar-refractivity contribution in [2.75, 3.05) is 13.3 Å². The second-order valence-electron chi connectivity index (χ2n) is 5.20. The topological polar surface area (TPSA) is 62.6 Å². The average Bonchev–Trinajstić information content (AvgIpc) is 3.06. The maximum Gasteiger partial charge on any atom is 0.254 e. The Hall–Kier alpha value is -3.00. The molecule has 0 radical (unpaired) electrons. The van der Waals surface area contributed by atoms with Crippen molar-refractivity contribution in [1.29, 1.82) is 5.26 Å². The molecule has 0 unspecified atom stereocenters. The zero-order valence-corrected chi connectivity index (χ0v) is 12.8. The second-order valence-corrected chi connectivity index (χ2v) is 5.20. The fourth-order valence-electron chi connectivity index (χ4n) is 2.49. The summed E-state index contributed by atoms with van der Waals surface area (Å²) >= 11 is 0. The van der Waals surface area contributed by atoms with Gasteiger partial charge in [0, 0.05) is 18.7 Å². The van der Waals surface area contributed by atoms with Crippen LogP contribution in [0.2, 0.25) is 0 Å². The van der Waals surface area contributed by atoms with E-state index in [9.17, 15) is 4.79 Å². The third-order valence-electron chi connectivity index (χ3n) is 3.72. The van der Waals surface area contributed by atoms with Crippen molar-refractivity contribution in [2.24, 2.45) is 0 Å². The Morgan fingerprint density at radius 2 is 2.04 bits per heavy atom. The van der Waals surface area contributed by atoms with Crippen LogP contribution in [-0.2, 0) is 6.54 Å². The molecule has 23 heavy (non-hydrogen) atoms. The number of hydrogen-bond acceptors (Lipinski definition) is 4. The Morgan fingerprint density at radius 3 is 2.83 bits per heavy atom. The van der Waals surface area contributed by atoms with E-state index in [1.54, 1.807) is 29.2 Å². The molecule has 5 heteroatoms. The lowest BCUT2D eigenvalue weighted by Gasteiger charge is -2.21. The molecule has 1 aliphatic heterocycles. The van der Waals surface area contributed by atoms with E-state index in [0.29, 0.717) is 30.0 Å². The van der Waals surface area contributed by atoms with Crippen LogP contribution in [0, 0.1) is 11.3 Å². The van der Waals surface area contributed by atoms with E-state index in [-0.39, 0.29) is 12.7 Å². The molecule has 2 aromatic rings. The van der Waals surface area contributed by atoms with Crippen molar-refractivity contribution < 1.29 is 14.3 Å². The summed E-state index contributed by atoms with van der Waals surface area (Å²) in [5.74, 6) is 1.34. The first-order valence-corrected chi connectivity index (χ1v) is 7.39. The maximum atomic E-state index is 12.6. The first-order valence-electron chi connectivity index (χ1n) is 7.39. The van der Waals surface area contributed by atoms with Crippen LogP contribution in [0.15, 0.2) is 42.5 Å². The van der Waals surface area contributed by atoms with Gasteiger partial charge in [-0.25, -0.2) is 0 Å². The summed E-state index contributed by atoms with van der Waals surface area (Å²) in [6.07, 6.45) is 0. The highest BCUT2D eigenvalue weighted by molar-refractivity contribution is 5.94. The smallest absolute Gasteiger partial charge is 0.254 e. The predicted molar refractivity (Wildman–Crippen MR) is 84.1 cm³/mol. The molecule has 116 valence electrons. The highest BCUT2D eigenvalue weighted by Crippen LogP contribution is 2.32. The van der Waals surface area contributed by atoms with Crippen LogP contribution in [-0.4, -0.2) is 24.1 Å². The molecule has 0 saturated heterocycles. The van der Waals surface area contributed by atoms with Gasteiger partial charge in [-0.05, 0) is 42.8 Å². The Bertz CT molecular complexity index is 780. The minimum Gasteiger partial charge on any atom is -0.454 e. The van der Waals surface area contributed by atoms with Gasteiger partial charge in [0.2, 0.25) is 6.79 Å². The van der Waals surface area contributed by atoms with Gasteiger partial charge in [-0.2, -0.15) is 5.26 Å². The fourth-order valence-corrected chi connectivity index (χ4v) is 2.49. The van der Waals surface area contributed by atoms with E-state index >= 15 is 0 Å². The zero-order valence-electron chi connectivity index (χ0n) is 12.8. The molecule has 1 heterocycles. The number of fused-ring (bicyclic) bond motifs is 1. The largest absolute Gasteiger partial charge is 0.454 e. The van der Waals surface area contributed by atoms with E-state index < -0.39 is 0 Å². The first kappa shape index (κ1) is 14.9. The third kappa shape index (κ3) is 3.11. The number of benzene rings is 2. The number of hydrogen-bond donors (Lipinski definition) is 0. The summed E-state index contributed by atoms with van der Waals surface area (Å²) in [5, 5.41) is 8.96. The standard InChI is InChI=1S/C18H16N2O3/c1-2-20(18(21)15-5-3-4-13(8-15)10-19)11-14-6-7-16-17(9-14)23-12-22-16/h3-9H,2,11-12H2,1H3. The summed E-state index contributed by atoms with van der Waals surface area (Å²) < 4.78 is 10.7. The number of carbonyl (C=O) groups is 1. The van der Waals surface area contributed by atoms with Gasteiger partial charge in [0.1, 0.15) is 0 Å². The van der Waals surface area contributed by atoms with Crippen LogP contribution < -0.4 is 9.47 Å². The number of nitriles is 1. The van der Waals surface area contributed by atoms with Gasteiger partial charge in [0.15, 0.2) is 11.5 Å². The quantitative estimate of drug-likeness (QED) is 0.871. The lowest BCUT2D eigenvalue weighted by atomic mass is 10.1. The summed E-state index contributed by atoms with van der Waals surface area (Å²) in [5.41, 5.74) is 1.97. The van der Waals surface area contributed by atoms with Gasteiger partial charge in [-0.1, -0.05) is 12.1 Å². The van der Waals surface area contributed by atoms with Gasteiger partial charge in [-0.15, -0.1) is 0 Å². The van der Waals surface area contributed by atoms with Crippen molar-refractivity contribution in [3.05, 3.63) is 59.2 Å². The molecule has 3 rings (SSSR count). The average molecular weight is 308 g/mol. The van der Waals surface area contributed by atoms with Crippen molar-refractivity contribution in [2.45, 2.75) is 13.5 Å². The number of nitrogens with zero attached hydrogens (tertiary/aromatic N) is 2. The minimum atomic E-state index is -0.0951. The maximum absolute atomic E-state index is 12.6. The molecule has 0 bridgehead atoms. The first-order chi connectivity index (χ1) is 11.2. The lowest BCUT2D eigenvalue weighted by Crippen LogP contribution is -2.30. The molecular formula is C18H16N2O3. The number of amides is 1. The molecule has 0 saturated carbocycles. The fraction of sp³-hybridized carbons (Fsp3) is 0.222. The Balaban J connectivity index is 1.79. The van der Waals surface area contributed by atoms with Crippen LogP contribution in [0.3, 0.4) is 0 Å². The molecule has 0 aromatic heterocycles. The summed E-state index contributed by atoms with van der Waals surface area (Å²) in [7, 11) is 0. The van der Waals surface area contributed by atoms with Crippen LogP contribution in [0.5, 0.6) is 11.5 Å². The van der Waals surface area contributed by atoms with E-state index in [1.807, 2.05) is 25.1 Å². The third-order valence-corrected chi connectivity index (χ3v) is 3.72. The molecule has 0 aliphatic carbocycles. The Labute approximate surface area is 134 Å². The summed E-state index contributed by atoms with van der Waals surface area (Å²) in [6, 6.07) is 14.5. The number of carbonyl (C=O) groups excluding carboxylic acids is 1. The van der Waals surface area contributed by atoms with E-state index in [2.05, 4.69) is 6.07 Å². The van der Waals surface area contributed by atoms with Gasteiger partial charge < -0.3 is 14.4 Å². The summed E-state index contributed by atoms with van der Waals surface area (Å²) in [6.45, 7) is 3.21. The lowest BCUT2D eigenvalue weighted by molar-refractivity contribution is 0.0752. The minimum absolute atomic E-state index is 0.0951. The number of ether oxygens (including phenoxy) is 2. The molecular weight excluding hydrogens is 292 g/mol. The van der Waals surface area contributed by atoms with Gasteiger partial charge in [0.05, 0.1) is 11.6 Å². The second kappa shape index (κ2) is 6.41. The van der Waals surface area contributed by atoms with E-state index in [0.717, 1.165) is 11.3 Å². The summed E-state index contributed by atoms with van der Waals surface area (Å²) in [4.78, 5) is 14.4. The molecule has 5 nitrogen and oxygen atoms in total. The molecule has 2 aromatic carbocycles. The highest BCUT2D eigenvalue weighted by Gasteiger charge is 2.18. The van der Waals surface area contributed by atoms with E-state index in [4.69, 9.17) is 14.7 Å². The highest BCUT2D eigenvalue weighted by atomic mass is 16.7. The molecule has 0 N–H and O–H groups in total. The van der Waals surface area contributed by atoms with Crippen molar-refractivity contribution >= 4 is 5.91 Å². The molecule has 0 fully saturated rings. The molecule has 0 atom stereocenters. The van der Waals surface area contributed by atoms with Crippen LogP contribution in [0.1, 0.15) is 28.4 Å². The predicted octanol–water partition coefficient (Wildman–Crippen LogP) is 2.95. The Morgan fingerprint density at radius 1 is 1.22 bits per heavy atom. The van der Waals surface area contributed by atoms with Crippen molar-refractivity contribution in [3.63, 3.8) is 0 Å². The van der Waals surface area contributed by atoms with E-state index in [1.165, 1.54) is 0 Å². The van der Waals surface area contributed by atoms with Crippen LogP contribution >= 0.6 is 0 Å². The number of rotatable bonds is 4. The molecule has 0 spiro atoms. The van der Waals surface area contributed by atoms with Gasteiger partial charge in [0.25, 0.3) is 5.91 Å². The monoisotopic (exact) mass is 308 g/mol. The van der Waals surface area contributed by atoms with Crippen molar-refractivity contribution in [1.82, 2.24) is 4.90 Å². The van der Waals surface area contributed by atoms with Crippen LogP contribution in [0.4, 0.5) is 0 Å². The van der Waals surface area contributed by atoms with Gasteiger partial charge in [-0.3, -0.25) is 4.79 Å². The van der Waals surface area contributed by atoms with Gasteiger partial charge >= 0.3 is 0 Å². The van der Waals surface area contributed by atoms with Crippen molar-refractivity contribution in [3.8, 4) is 17.6 Å². The normalized spacial score (nSPS) is 11.8. The molecule has 1 amide bonds. The molecule has 1 aliphatic rings. The zero-order chi connectivity index (χ0) is 16.2.